The number of nitrogens with zero attached hydrogens (tertiary/aromatic N) is 3. The smallest absolute Gasteiger partial charge is 0.254 e. The zero-order valence-corrected chi connectivity index (χ0v) is 17.6. The van der Waals surface area contributed by atoms with E-state index in [0.29, 0.717) is 56.5 Å². The Morgan fingerprint density at radius 2 is 1.97 bits per heavy atom. The molecule has 1 aromatic heterocycles. The molecule has 160 valence electrons. The van der Waals surface area contributed by atoms with Gasteiger partial charge in [-0.2, -0.15) is 0 Å². The number of aromatic nitrogens is 1. The first-order valence-electron chi connectivity index (χ1n) is 10.3. The molecule has 3 heterocycles. The van der Waals surface area contributed by atoms with E-state index < -0.39 is 0 Å². The molecular formula is C22H27N3O5. The first-order valence-corrected chi connectivity index (χ1v) is 10.3. The zero-order chi connectivity index (χ0) is 21.3. The molecule has 2 amide bonds. The Balaban J connectivity index is 1.55. The highest BCUT2D eigenvalue weighted by Gasteiger charge is 2.28. The molecule has 0 spiro atoms. The van der Waals surface area contributed by atoms with E-state index in [4.69, 9.17) is 14.0 Å². The molecule has 0 bridgehead atoms. The van der Waals surface area contributed by atoms with Crippen LogP contribution in [0.1, 0.15) is 39.9 Å². The van der Waals surface area contributed by atoms with Crippen molar-refractivity contribution in [2.24, 2.45) is 0 Å². The number of morpholine rings is 1. The molecule has 2 aliphatic rings. The molecule has 1 saturated heterocycles. The first kappa shape index (κ1) is 20.4. The Labute approximate surface area is 175 Å². The van der Waals surface area contributed by atoms with Crippen LogP contribution >= 0.6 is 0 Å². The fourth-order valence-corrected chi connectivity index (χ4v) is 3.91. The lowest BCUT2D eigenvalue weighted by Crippen LogP contribution is -2.41. The molecule has 0 unspecified atom stereocenters. The molecule has 1 fully saturated rings. The van der Waals surface area contributed by atoms with E-state index in [1.54, 1.807) is 15.9 Å². The topological polar surface area (TPSA) is 85.1 Å². The van der Waals surface area contributed by atoms with Gasteiger partial charge in [0.25, 0.3) is 5.91 Å². The summed E-state index contributed by atoms with van der Waals surface area (Å²) in [5, 5.41) is 3.94. The van der Waals surface area contributed by atoms with Gasteiger partial charge in [-0.15, -0.1) is 0 Å². The Bertz CT molecular complexity index is 929. The van der Waals surface area contributed by atoms with Gasteiger partial charge >= 0.3 is 0 Å². The summed E-state index contributed by atoms with van der Waals surface area (Å²) in [6, 6.07) is 5.38. The average molecular weight is 413 g/mol. The highest BCUT2D eigenvalue weighted by atomic mass is 16.5. The molecule has 2 aliphatic heterocycles. The number of rotatable bonds is 3. The van der Waals surface area contributed by atoms with Crippen LogP contribution < -0.4 is 4.74 Å². The van der Waals surface area contributed by atoms with Crippen molar-refractivity contribution >= 4 is 11.8 Å². The van der Waals surface area contributed by atoms with E-state index >= 15 is 0 Å². The van der Waals surface area contributed by atoms with Crippen LogP contribution in [-0.2, 0) is 22.5 Å². The number of aryl methyl sites for hydroxylation is 2. The minimum Gasteiger partial charge on any atom is -0.491 e. The number of hydrogen-bond donors (Lipinski definition) is 0. The lowest BCUT2D eigenvalue weighted by atomic mass is 10.1. The van der Waals surface area contributed by atoms with Gasteiger partial charge < -0.3 is 23.8 Å². The predicted octanol–water partition coefficient (Wildman–Crippen LogP) is 2.12. The molecule has 0 saturated carbocycles. The minimum absolute atomic E-state index is 0.0155. The van der Waals surface area contributed by atoms with E-state index in [2.05, 4.69) is 5.16 Å². The molecule has 2 aromatic rings. The van der Waals surface area contributed by atoms with Crippen molar-refractivity contribution in [2.45, 2.75) is 39.8 Å². The second-order valence-corrected chi connectivity index (χ2v) is 7.89. The van der Waals surface area contributed by atoms with Crippen LogP contribution in [-0.4, -0.2) is 65.7 Å². The maximum atomic E-state index is 13.1. The molecular weight excluding hydrogens is 386 g/mol. The van der Waals surface area contributed by atoms with Gasteiger partial charge in [0.1, 0.15) is 18.1 Å². The first-order chi connectivity index (χ1) is 14.4. The van der Waals surface area contributed by atoms with Crippen molar-refractivity contribution in [3.8, 4) is 5.75 Å². The van der Waals surface area contributed by atoms with Crippen molar-refractivity contribution in [3.05, 3.63) is 46.3 Å². The Morgan fingerprint density at radius 1 is 1.20 bits per heavy atom. The number of carbonyl (C=O) groups is 2. The molecule has 4 rings (SSSR count). The van der Waals surface area contributed by atoms with Crippen LogP contribution in [0.15, 0.2) is 22.7 Å². The van der Waals surface area contributed by atoms with Gasteiger partial charge in [-0.3, -0.25) is 9.59 Å². The summed E-state index contributed by atoms with van der Waals surface area (Å²) in [5.41, 5.74) is 3.00. The summed E-state index contributed by atoms with van der Waals surface area (Å²) in [7, 11) is 0. The quantitative estimate of drug-likeness (QED) is 0.766. The monoisotopic (exact) mass is 413 g/mol. The van der Waals surface area contributed by atoms with Crippen molar-refractivity contribution in [1.29, 1.82) is 0 Å². The number of hydrogen-bond acceptors (Lipinski definition) is 6. The number of fused-ring (bicyclic) bond motifs is 1. The molecule has 0 radical (unpaired) electrons. The van der Waals surface area contributed by atoms with E-state index in [1.165, 1.54) is 0 Å². The number of ether oxygens (including phenoxy) is 2. The van der Waals surface area contributed by atoms with E-state index in [0.717, 1.165) is 16.8 Å². The van der Waals surface area contributed by atoms with Gasteiger partial charge in [-0.25, -0.2) is 0 Å². The fraction of sp³-hybridized carbons (Fsp3) is 0.500. The third kappa shape index (κ3) is 4.05. The minimum atomic E-state index is -0.0937. The van der Waals surface area contributed by atoms with E-state index in [9.17, 15) is 9.59 Å². The Hall–Kier alpha value is -2.87. The van der Waals surface area contributed by atoms with Gasteiger partial charge in [0.05, 0.1) is 31.4 Å². The maximum absolute atomic E-state index is 13.1. The summed E-state index contributed by atoms with van der Waals surface area (Å²) < 4.78 is 16.5. The SMILES string of the molecule is Cc1noc(C)c1CC(=O)N1Cc2cc(C(=O)N3CCOCC3)ccc2OC[C@@H]1C. The second kappa shape index (κ2) is 8.47. The lowest BCUT2D eigenvalue weighted by Gasteiger charge is -2.27. The highest BCUT2D eigenvalue weighted by molar-refractivity contribution is 5.94. The molecule has 0 N–H and O–H groups in total. The standard InChI is InChI=1S/C22H27N3O5/c1-14-13-29-20-5-4-17(22(27)24-6-8-28-9-7-24)10-18(20)12-25(14)21(26)11-19-15(2)23-30-16(19)3/h4-5,10,14H,6-9,11-13H2,1-3H3/t14-/m0/s1. The lowest BCUT2D eigenvalue weighted by molar-refractivity contribution is -0.133. The Morgan fingerprint density at radius 3 is 2.67 bits per heavy atom. The third-order valence-electron chi connectivity index (χ3n) is 5.79. The van der Waals surface area contributed by atoms with Crippen LogP contribution in [0.25, 0.3) is 0 Å². The maximum Gasteiger partial charge on any atom is 0.254 e. The average Bonchev–Trinajstić information content (AvgIpc) is 2.97. The zero-order valence-electron chi connectivity index (χ0n) is 17.6. The van der Waals surface area contributed by atoms with Gasteiger partial charge in [-0.05, 0) is 39.0 Å². The van der Waals surface area contributed by atoms with E-state index in [-0.39, 0.29) is 24.3 Å². The third-order valence-corrected chi connectivity index (χ3v) is 5.79. The number of amides is 2. The normalized spacial score (nSPS) is 19.1. The molecule has 8 heteroatoms. The molecule has 30 heavy (non-hydrogen) atoms. The summed E-state index contributed by atoms with van der Waals surface area (Å²) in [6.45, 7) is 8.71. The van der Waals surface area contributed by atoms with Gasteiger partial charge in [-0.1, -0.05) is 5.16 Å². The van der Waals surface area contributed by atoms with Crippen LogP contribution in [0.5, 0.6) is 5.75 Å². The summed E-state index contributed by atoms with van der Waals surface area (Å²) in [6.07, 6.45) is 0.229. The second-order valence-electron chi connectivity index (χ2n) is 7.89. The molecule has 8 nitrogen and oxygen atoms in total. The van der Waals surface area contributed by atoms with Crippen molar-refractivity contribution in [1.82, 2.24) is 15.0 Å². The molecule has 0 aliphatic carbocycles. The Kier molecular flexibility index (Phi) is 5.76. The van der Waals surface area contributed by atoms with Crippen LogP contribution in [0.3, 0.4) is 0 Å². The summed E-state index contributed by atoms with van der Waals surface area (Å²) in [4.78, 5) is 29.6. The van der Waals surface area contributed by atoms with Gasteiger partial charge in [0.15, 0.2) is 0 Å². The van der Waals surface area contributed by atoms with Crippen molar-refractivity contribution < 1.29 is 23.6 Å². The van der Waals surface area contributed by atoms with Crippen molar-refractivity contribution in [2.75, 3.05) is 32.9 Å². The molecule has 1 aromatic carbocycles. The fourth-order valence-electron chi connectivity index (χ4n) is 3.91. The molecule has 1 atom stereocenters. The van der Waals surface area contributed by atoms with Crippen LogP contribution in [0.2, 0.25) is 0 Å². The summed E-state index contributed by atoms with van der Waals surface area (Å²) >= 11 is 0. The number of benzene rings is 1. The predicted molar refractivity (Wildman–Crippen MR) is 108 cm³/mol. The number of carbonyl (C=O) groups excluding carboxylic acids is 2. The highest BCUT2D eigenvalue weighted by Crippen LogP contribution is 2.28. The van der Waals surface area contributed by atoms with E-state index in [1.807, 2.05) is 32.9 Å². The van der Waals surface area contributed by atoms with Crippen LogP contribution in [0, 0.1) is 13.8 Å². The van der Waals surface area contributed by atoms with Crippen LogP contribution in [0.4, 0.5) is 0 Å². The van der Waals surface area contributed by atoms with Crippen molar-refractivity contribution in [3.63, 3.8) is 0 Å². The summed E-state index contributed by atoms with van der Waals surface area (Å²) in [5.74, 6) is 1.34. The van der Waals surface area contributed by atoms with Gasteiger partial charge in [0.2, 0.25) is 5.91 Å². The largest absolute Gasteiger partial charge is 0.491 e. The van der Waals surface area contributed by atoms with Gasteiger partial charge in [0, 0.05) is 36.3 Å².